The highest BCUT2D eigenvalue weighted by Crippen LogP contribution is 2.36. The Labute approximate surface area is 144 Å². The fourth-order valence-electron chi connectivity index (χ4n) is 1.84. The predicted molar refractivity (Wildman–Crippen MR) is 87.2 cm³/mol. The van der Waals surface area contributed by atoms with Gasteiger partial charge < -0.3 is 24.7 Å². The van der Waals surface area contributed by atoms with Gasteiger partial charge in [-0.2, -0.15) is 0 Å². The molecule has 0 fully saturated rings. The predicted octanol–water partition coefficient (Wildman–Crippen LogP) is 1.78. The number of ether oxygens (including phenoxy) is 2. The molecule has 23 heavy (non-hydrogen) atoms. The summed E-state index contributed by atoms with van der Waals surface area (Å²) in [6.07, 6.45) is 1.60. The fraction of sp³-hybridized carbons (Fsp3) is 0.500. The largest absolute Gasteiger partial charge is 0.550 e. The van der Waals surface area contributed by atoms with E-state index in [0.29, 0.717) is 18.1 Å². The van der Waals surface area contributed by atoms with Gasteiger partial charge in [0.1, 0.15) is 0 Å². The van der Waals surface area contributed by atoms with E-state index in [4.69, 9.17) is 9.47 Å². The Morgan fingerprint density at radius 1 is 1.30 bits per heavy atom. The number of carboxylic acid groups (broad SMARTS) is 1. The number of hydrogen-bond acceptors (Lipinski definition) is 5. The molecule has 0 saturated heterocycles. The van der Waals surface area contributed by atoms with Crippen LogP contribution in [0.5, 0.6) is 11.5 Å². The number of nitrogens with one attached hydrogen (secondary N) is 1. The van der Waals surface area contributed by atoms with Crippen molar-refractivity contribution in [2.24, 2.45) is 0 Å². The van der Waals surface area contributed by atoms with Crippen molar-refractivity contribution in [1.29, 1.82) is 0 Å². The molecule has 0 bridgehead atoms. The molecule has 1 rings (SSSR count). The Balaban J connectivity index is 2.68. The molecule has 0 spiro atoms. The van der Waals surface area contributed by atoms with Gasteiger partial charge in [0.15, 0.2) is 11.5 Å². The van der Waals surface area contributed by atoms with E-state index < -0.39 is 5.97 Å². The van der Waals surface area contributed by atoms with Crippen LogP contribution in [0.15, 0.2) is 16.6 Å². The maximum atomic E-state index is 11.5. The maximum absolute atomic E-state index is 11.5. The molecule has 0 radical (unpaired) electrons. The van der Waals surface area contributed by atoms with Gasteiger partial charge in [0, 0.05) is 18.9 Å². The maximum Gasteiger partial charge on any atom is 0.220 e. The summed E-state index contributed by atoms with van der Waals surface area (Å²) in [6, 6.07) is 3.62. The summed E-state index contributed by atoms with van der Waals surface area (Å²) in [5, 5.41) is 13.0. The van der Waals surface area contributed by atoms with E-state index in [1.165, 1.54) is 0 Å². The van der Waals surface area contributed by atoms with Crippen LogP contribution in [0.2, 0.25) is 0 Å². The first-order chi connectivity index (χ1) is 11.0. The average molecular weight is 387 g/mol. The molecule has 1 aromatic rings. The van der Waals surface area contributed by atoms with Gasteiger partial charge in [-0.3, -0.25) is 4.79 Å². The van der Waals surface area contributed by atoms with Crippen LogP contribution in [-0.2, 0) is 16.1 Å². The van der Waals surface area contributed by atoms with E-state index in [2.05, 4.69) is 28.2 Å². The molecule has 0 aliphatic carbocycles. The van der Waals surface area contributed by atoms with Crippen molar-refractivity contribution >= 4 is 27.8 Å². The Morgan fingerprint density at radius 3 is 2.65 bits per heavy atom. The van der Waals surface area contributed by atoms with Crippen LogP contribution >= 0.6 is 15.9 Å². The first-order valence-corrected chi connectivity index (χ1v) is 8.23. The molecule has 7 heteroatoms. The lowest BCUT2D eigenvalue weighted by atomic mass is 10.2. The molecule has 128 valence electrons. The first-order valence-electron chi connectivity index (χ1n) is 7.43. The van der Waals surface area contributed by atoms with Gasteiger partial charge in [-0.05, 0) is 46.5 Å². The molecule has 1 aromatic carbocycles. The standard InChI is InChI=1S/C16H22BrNO5/c1-3-4-7-23-16-12(17)8-11(9-13(16)22-2)10-18-14(19)5-6-15(20)21/h8-9H,3-7,10H2,1-2H3,(H,18,19)(H,20,21)/p-1. The molecule has 0 aliphatic heterocycles. The second-order valence-electron chi connectivity index (χ2n) is 4.96. The van der Waals surface area contributed by atoms with E-state index in [1.54, 1.807) is 13.2 Å². The number of amides is 1. The monoisotopic (exact) mass is 386 g/mol. The molecule has 0 atom stereocenters. The highest BCUT2D eigenvalue weighted by Gasteiger charge is 2.12. The van der Waals surface area contributed by atoms with Crippen LogP contribution in [0.1, 0.15) is 38.2 Å². The summed E-state index contributed by atoms with van der Waals surface area (Å²) >= 11 is 3.44. The number of hydrogen-bond donors (Lipinski definition) is 1. The number of benzene rings is 1. The minimum Gasteiger partial charge on any atom is -0.550 e. The lowest BCUT2D eigenvalue weighted by Gasteiger charge is -2.14. The van der Waals surface area contributed by atoms with Crippen LogP contribution in [0.3, 0.4) is 0 Å². The number of carboxylic acids is 1. The molecule has 0 unspecified atom stereocenters. The number of rotatable bonds is 10. The van der Waals surface area contributed by atoms with Crippen LogP contribution < -0.4 is 19.9 Å². The van der Waals surface area contributed by atoms with Crippen LogP contribution in [0.25, 0.3) is 0 Å². The Bertz CT molecular complexity index is 548. The highest BCUT2D eigenvalue weighted by molar-refractivity contribution is 9.10. The van der Waals surface area contributed by atoms with E-state index in [-0.39, 0.29) is 25.3 Å². The number of halogens is 1. The van der Waals surface area contributed by atoms with Crippen LogP contribution in [0, 0.1) is 0 Å². The van der Waals surface area contributed by atoms with Crippen molar-refractivity contribution in [2.75, 3.05) is 13.7 Å². The minimum absolute atomic E-state index is 0.0984. The van der Waals surface area contributed by atoms with Crippen molar-refractivity contribution < 1.29 is 24.2 Å². The summed E-state index contributed by atoms with van der Waals surface area (Å²) in [4.78, 5) is 21.9. The van der Waals surface area contributed by atoms with Gasteiger partial charge in [0.05, 0.1) is 18.2 Å². The van der Waals surface area contributed by atoms with E-state index in [0.717, 1.165) is 22.9 Å². The summed E-state index contributed by atoms with van der Waals surface area (Å²) in [5.74, 6) is -0.367. The Kier molecular flexibility index (Phi) is 8.47. The van der Waals surface area contributed by atoms with Gasteiger partial charge in [-0.25, -0.2) is 0 Å². The Morgan fingerprint density at radius 2 is 2.04 bits per heavy atom. The number of methoxy groups -OCH3 is 1. The second kappa shape index (κ2) is 10.1. The lowest BCUT2D eigenvalue weighted by Crippen LogP contribution is -2.27. The quantitative estimate of drug-likeness (QED) is 0.619. The van der Waals surface area contributed by atoms with Crippen LogP contribution in [0.4, 0.5) is 0 Å². The van der Waals surface area contributed by atoms with Crippen molar-refractivity contribution in [3.05, 3.63) is 22.2 Å². The molecular formula is C16H21BrNO5-. The third kappa shape index (κ3) is 6.90. The number of unbranched alkanes of at least 4 members (excludes halogenated alkanes) is 1. The Hall–Kier alpha value is -1.76. The molecule has 0 saturated carbocycles. The zero-order valence-electron chi connectivity index (χ0n) is 13.3. The molecular weight excluding hydrogens is 366 g/mol. The molecule has 6 nitrogen and oxygen atoms in total. The number of aliphatic carboxylic acids is 1. The summed E-state index contributed by atoms with van der Waals surface area (Å²) in [5.41, 5.74) is 0.818. The smallest absolute Gasteiger partial charge is 0.220 e. The molecule has 0 heterocycles. The second-order valence-corrected chi connectivity index (χ2v) is 5.81. The lowest BCUT2D eigenvalue weighted by molar-refractivity contribution is -0.305. The van der Waals surface area contributed by atoms with E-state index in [1.807, 2.05) is 6.07 Å². The first kappa shape index (κ1) is 19.3. The molecule has 0 aromatic heterocycles. The SMILES string of the molecule is CCCCOc1c(Br)cc(CNC(=O)CCC(=O)[O-])cc1OC. The van der Waals surface area contributed by atoms with Crippen LogP contribution in [-0.4, -0.2) is 25.6 Å². The summed E-state index contributed by atoms with van der Waals surface area (Å²) in [6.45, 7) is 2.96. The topological polar surface area (TPSA) is 87.7 Å². The van der Waals surface area contributed by atoms with E-state index >= 15 is 0 Å². The summed E-state index contributed by atoms with van der Waals surface area (Å²) < 4.78 is 11.8. The van der Waals surface area contributed by atoms with Crippen molar-refractivity contribution in [3.63, 3.8) is 0 Å². The normalized spacial score (nSPS) is 10.2. The van der Waals surface area contributed by atoms with Gasteiger partial charge in [-0.1, -0.05) is 13.3 Å². The average Bonchev–Trinajstić information content (AvgIpc) is 2.52. The number of carbonyl (C=O) groups excluding carboxylic acids is 2. The van der Waals surface area contributed by atoms with Gasteiger partial charge >= 0.3 is 0 Å². The minimum atomic E-state index is -1.24. The van der Waals surface area contributed by atoms with Crippen molar-refractivity contribution in [3.8, 4) is 11.5 Å². The molecule has 1 amide bonds. The van der Waals surface area contributed by atoms with Crippen molar-refractivity contribution in [2.45, 2.75) is 39.2 Å². The van der Waals surface area contributed by atoms with Gasteiger partial charge in [-0.15, -0.1) is 0 Å². The molecule has 0 aliphatic rings. The summed E-state index contributed by atoms with van der Waals surface area (Å²) in [7, 11) is 1.55. The highest BCUT2D eigenvalue weighted by atomic mass is 79.9. The number of carbonyl (C=O) groups is 2. The fourth-order valence-corrected chi connectivity index (χ4v) is 2.44. The third-order valence-electron chi connectivity index (χ3n) is 3.08. The third-order valence-corrected chi connectivity index (χ3v) is 3.67. The molecule has 1 N–H and O–H groups in total. The van der Waals surface area contributed by atoms with Gasteiger partial charge in [0.2, 0.25) is 5.91 Å². The van der Waals surface area contributed by atoms with E-state index in [9.17, 15) is 14.7 Å². The van der Waals surface area contributed by atoms with Gasteiger partial charge in [0.25, 0.3) is 0 Å². The zero-order valence-corrected chi connectivity index (χ0v) is 14.9. The van der Waals surface area contributed by atoms with Crippen molar-refractivity contribution in [1.82, 2.24) is 5.32 Å². The zero-order chi connectivity index (χ0) is 17.2.